The minimum Gasteiger partial charge on any atom is -0.494 e. The van der Waals surface area contributed by atoms with Gasteiger partial charge in [-0.05, 0) is 19.9 Å². The number of hydrogen-bond donors (Lipinski definition) is 1. The van der Waals surface area contributed by atoms with Gasteiger partial charge >= 0.3 is 0 Å². The van der Waals surface area contributed by atoms with E-state index in [0.29, 0.717) is 19.2 Å². The Bertz CT molecular complexity index is 485. The van der Waals surface area contributed by atoms with Crippen molar-refractivity contribution in [3.05, 3.63) is 33.9 Å². The first-order chi connectivity index (χ1) is 9.60. The van der Waals surface area contributed by atoms with Gasteiger partial charge in [-0.1, -0.05) is 0 Å². The number of nitrogens with one attached hydrogen (secondary N) is 1. The predicted octanol–water partition coefficient (Wildman–Crippen LogP) is 2.21. The van der Waals surface area contributed by atoms with E-state index in [1.807, 2.05) is 6.92 Å². The first kappa shape index (κ1) is 17.7. The number of piperazine rings is 1. The number of nitrogens with zero attached hydrogens (tertiary/aromatic N) is 2. The third-order valence-electron chi connectivity index (χ3n) is 3.40. The average molecular weight is 316 g/mol. The topological polar surface area (TPSA) is 67.6 Å². The molecule has 1 heterocycles. The zero-order valence-corrected chi connectivity index (χ0v) is 13.2. The van der Waals surface area contributed by atoms with Gasteiger partial charge < -0.3 is 10.1 Å². The van der Waals surface area contributed by atoms with Crippen LogP contribution in [0.15, 0.2) is 18.2 Å². The van der Waals surface area contributed by atoms with Crippen LogP contribution in [0.2, 0.25) is 0 Å². The van der Waals surface area contributed by atoms with Gasteiger partial charge in [0.15, 0.2) is 0 Å². The second kappa shape index (κ2) is 8.17. The lowest BCUT2D eigenvalue weighted by atomic mass is 10.1. The molecule has 0 amide bonds. The van der Waals surface area contributed by atoms with Crippen LogP contribution in [0.4, 0.5) is 5.69 Å². The van der Waals surface area contributed by atoms with Crippen molar-refractivity contribution >= 4 is 18.1 Å². The van der Waals surface area contributed by atoms with Crippen molar-refractivity contribution in [3.63, 3.8) is 0 Å². The molecule has 6 nitrogen and oxygen atoms in total. The summed E-state index contributed by atoms with van der Waals surface area (Å²) in [7, 11) is 0. The third-order valence-corrected chi connectivity index (χ3v) is 3.40. The van der Waals surface area contributed by atoms with Gasteiger partial charge in [-0.15, -0.1) is 12.4 Å². The number of rotatable bonds is 5. The minimum atomic E-state index is -0.361. The van der Waals surface area contributed by atoms with Crippen LogP contribution >= 0.6 is 12.4 Å². The van der Waals surface area contributed by atoms with E-state index < -0.39 is 0 Å². The number of nitro groups is 1. The standard InChI is InChI=1S/C14H21N3O3.ClH/c1-3-20-14-5-4-13(17(18)19)8-12(14)10-16-7-6-15-11(2)9-16;/h4-5,8,11,15H,3,6-7,9-10H2,1-2H3;1H/t11-;/m1./s1. The fourth-order valence-electron chi connectivity index (χ4n) is 2.50. The number of ether oxygens (including phenoxy) is 1. The zero-order valence-electron chi connectivity index (χ0n) is 12.4. The highest BCUT2D eigenvalue weighted by molar-refractivity contribution is 5.85. The average Bonchev–Trinajstić information content (AvgIpc) is 2.41. The van der Waals surface area contributed by atoms with Gasteiger partial charge in [-0.25, -0.2) is 0 Å². The molecule has 1 aliphatic rings. The van der Waals surface area contributed by atoms with Crippen molar-refractivity contribution in [2.24, 2.45) is 0 Å². The van der Waals surface area contributed by atoms with Crippen molar-refractivity contribution in [2.45, 2.75) is 26.4 Å². The molecule has 0 unspecified atom stereocenters. The molecular formula is C14H22ClN3O3. The normalized spacial score (nSPS) is 18.9. The summed E-state index contributed by atoms with van der Waals surface area (Å²) in [6, 6.07) is 5.26. The molecule has 1 aromatic carbocycles. The lowest BCUT2D eigenvalue weighted by Gasteiger charge is -2.32. The Morgan fingerprint density at radius 2 is 2.29 bits per heavy atom. The van der Waals surface area contributed by atoms with Crippen LogP contribution in [0.1, 0.15) is 19.4 Å². The van der Waals surface area contributed by atoms with Gasteiger partial charge in [-0.2, -0.15) is 0 Å². The lowest BCUT2D eigenvalue weighted by molar-refractivity contribution is -0.385. The lowest BCUT2D eigenvalue weighted by Crippen LogP contribution is -2.48. The highest BCUT2D eigenvalue weighted by Crippen LogP contribution is 2.26. The smallest absolute Gasteiger partial charge is 0.270 e. The Kier molecular flexibility index (Phi) is 6.87. The number of benzene rings is 1. The van der Waals surface area contributed by atoms with Crippen LogP contribution in [-0.4, -0.2) is 42.1 Å². The quantitative estimate of drug-likeness (QED) is 0.666. The number of non-ortho nitro benzene ring substituents is 1. The molecule has 1 fully saturated rings. The molecule has 0 saturated carbocycles. The molecule has 2 rings (SSSR count). The van der Waals surface area contributed by atoms with Crippen molar-refractivity contribution in [3.8, 4) is 5.75 Å². The van der Waals surface area contributed by atoms with Crippen LogP contribution in [0.3, 0.4) is 0 Å². The molecule has 1 aliphatic heterocycles. The fraction of sp³-hybridized carbons (Fsp3) is 0.571. The van der Waals surface area contributed by atoms with Crippen LogP contribution in [-0.2, 0) is 6.54 Å². The summed E-state index contributed by atoms with van der Waals surface area (Å²) in [5.41, 5.74) is 1.00. The van der Waals surface area contributed by atoms with Gasteiger partial charge in [0, 0.05) is 49.9 Å². The molecule has 7 heteroatoms. The van der Waals surface area contributed by atoms with Gasteiger partial charge in [0.1, 0.15) is 5.75 Å². The summed E-state index contributed by atoms with van der Waals surface area (Å²) in [6.45, 7) is 8.12. The Morgan fingerprint density at radius 3 is 2.90 bits per heavy atom. The molecule has 1 aromatic rings. The Morgan fingerprint density at radius 1 is 1.52 bits per heavy atom. The molecule has 1 N–H and O–H groups in total. The van der Waals surface area contributed by atoms with Crippen molar-refractivity contribution in [1.82, 2.24) is 10.2 Å². The van der Waals surface area contributed by atoms with Gasteiger partial charge in [0.2, 0.25) is 0 Å². The van der Waals surface area contributed by atoms with E-state index in [4.69, 9.17) is 4.74 Å². The van der Waals surface area contributed by atoms with Crippen LogP contribution < -0.4 is 10.1 Å². The van der Waals surface area contributed by atoms with Gasteiger partial charge in [-0.3, -0.25) is 15.0 Å². The van der Waals surface area contributed by atoms with Crippen LogP contribution in [0, 0.1) is 10.1 Å². The van der Waals surface area contributed by atoms with Crippen molar-refractivity contribution in [2.75, 3.05) is 26.2 Å². The number of nitro benzene ring substituents is 1. The van der Waals surface area contributed by atoms with E-state index in [9.17, 15) is 10.1 Å². The van der Waals surface area contributed by atoms with Crippen LogP contribution in [0.5, 0.6) is 5.75 Å². The summed E-state index contributed by atoms with van der Waals surface area (Å²) in [5.74, 6) is 0.740. The molecule has 0 bridgehead atoms. The first-order valence-electron chi connectivity index (χ1n) is 6.96. The van der Waals surface area contributed by atoms with Crippen LogP contribution in [0.25, 0.3) is 0 Å². The van der Waals surface area contributed by atoms with E-state index in [-0.39, 0.29) is 23.0 Å². The minimum absolute atomic E-state index is 0. The second-order valence-corrected chi connectivity index (χ2v) is 5.07. The van der Waals surface area contributed by atoms with E-state index in [1.54, 1.807) is 12.1 Å². The molecular weight excluding hydrogens is 294 g/mol. The van der Waals surface area contributed by atoms with Gasteiger partial charge in [0.05, 0.1) is 11.5 Å². The second-order valence-electron chi connectivity index (χ2n) is 5.07. The Balaban J connectivity index is 0.00000220. The molecule has 0 spiro atoms. The van der Waals surface area contributed by atoms with E-state index in [2.05, 4.69) is 17.1 Å². The number of halogens is 1. The van der Waals surface area contributed by atoms with E-state index in [0.717, 1.165) is 30.9 Å². The van der Waals surface area contributed by atoms with E-state index in [1.165, 1.54) is 6.07 Å². The molecule has 0 radical (unpaired) electrons. The Hall–Kier alpha value is -1.37. The van der Waals surface area contributed by atoms with Gasteiger partial charge in [0.25, 0.3) is 5.69 Å². The Labute approximate surface area is 131 Å². The molecule has 118 valence electrons. The molecule has 21 heavy (non-hydrogen) atoms. The maximum Gasteiger partial charge on any atom is 0.270 e. The summed E-state index contributed by atoms with van der Waals surface area (Å²) < 4.78 is 5.58. The monoisotopic (exact) mass is 315 g/mol. The van der Waals surface area contributed by atoms with Crippen molar-refractivity contribution in [1.29, 1.82) is 0 Å². The molecule has 1 atom stereocenters. The molecule has 0 aromatic heterocycles. The molecule has 1 saturated heterocycles. The predicted molar refractivity (Wildman–Crippen MR) is 84.3 cm³/mol. The highest BCUT2D eigenvalue weighted by Gasteiger charge is 2.19. The zero-order chi connectivity index (χ0) is 14.5. The van der Waals surface area contributed by atoms with Crippen molar-refractivity contribution < 1.29 is 9.66 Å². The summed E-state index contributed by atoms with van der Waals surface area (Å²) in [6.07, 6.45) is 0. The largest absolute Gasteiger partial charge is 0.494 e. The van der Waals surface area contributed by atoms with E-state index >= 15 is 0 Å². The first-order valence-corrected chi connectivity index (χ1v) is 6.96. The number of hydrogen-bond acceptors (Lipinski definition) is 5. The fourth-order valence-corrected chi connectivity index (χ4v) is 2.50. The highest BCUT2D eigenvalue weighted by atomic mass is 35.5. The summed E-state index contributed by atoms with van der Waals surface area (Å²) in [4.78, 5) is 12.8. The molecule has 0 aliphatic carbocycles. The maximum absolute atomic E-state index is 10.9. The summed E-state index contributed by atoms with van der Waals surface area (Å²) in [5, 5.41) is 14.3. The SMILES string of the molecule is CCOc1ccc([N+](=O)[O-])cc1CN1CCN[C@H](C)C1.Cl. The maximum atomic E-state index is 10.9. The summed E-state index contributed by atoms with van der Waals surface area (Å²) >= 11 is 0. The third kappa shape index (κ3) is 4.84.